The number of nitrogens with one attached hydrogen (secondary N) is 1. The molecule has 0 aliphatic rings. The van der Waals surface area contributed by atoms with Crippen LogP contribution in [0.25, 0.3) is 0 Å². The van der Waals surface area contributed by atoms with E-state index in [1.165, 1.54) is 18.2 Å². The first kappa shape index (κ1) is 18.4. The molecule has 0 spiro atoms. The molecule has 5 nitrogen and oxygen atoms in total. The maximum Gasteiger partial charge on any atom is 0.338 e. The van der Waals surface area contributed by atoms with Crippen LogP contribution >= 0.6 is 0 Å². The number of halogens is 1. The zero-order valence-electron chi connectivity index (χ0n) is 14.0. The summed E-state index contributed by atoms with van der Waals surface area (Å²) in [5, 5.41) is 2.53. The largest absolute Gasteiger partial charge is 0.484 e. The standard InChI is InChI=1S/C19H20FNO4/c1-2-3-11-24-19(23)14-7-9-17(10-8-14)25-13-18(22)21-16-6-4-5-15(20)12-16/h4-10,12H,2-3,11,13H2,1H3,(H,21,22). The average molecular weight is 345 g/mol. The van der Waals surface area contributed by atoms with Crippen LogP contribution in [0, 0.1) is 5.82 Å². The molecule has 1 N–H and O–H groups in total. The summed E-state index contributed by atoms with van der Waals surface area (Å²) in [6.45, 7) is 2.19. The number of benzene rings is 2. The van der Waals surface area contributed by atoms with E-state index < -0.39 is 11.7 Å². The van der Waals surface area contributed by atoms with Gasteiger partial charge < -0.3 is 14.8 Å². The number of anilines is 1. The molecule has 0 bridgehead atoms. The van der Waals surface area contributed by atoms with Gasteiger partial charge in [-0.05, 0) is 48.9 Å². The second-order valence-electron chi connectivity index (χ2n) is 5.36. The van der Waals surface area contributed by atoms with E-state index in [1.807, 2.05) is 6.92 Å². The van der Waals surface area contributed by atoms with Gasteiger partial charge in [0.15, 0.2) is 6.61 Å². The number of carbonyl (C=O) groups is 2. The Morgan fingerprint density at radius 2 is 1.88 bits per heavy atom. The molecule has 132 valence electrons. The maximum absolute atomic E-state index is 13.0. The highest BCUT2D eigenvalue weighted by molar-refractivity contribution is 5.92. The molecule has 0 saturated carbocycles. The Balaban J connectivity index is 1.80. The first-order valence-electron chi connectivity index (χ1n) is 8.04. The van der Waals surface area contributed by atoms with Crippen LogP contribution in [0.15, 0.2) is 48.5 Å². The Labute approximate surface area is 145 Å². The van der Waals surface area contributed by atoms with Crippen molar-refractivity contribution in [3.63, 3.8) is 0 Å². The molecular weight excluding hydrogens is 325 g/mol. The molecule has 6 heteroatoms. The van der Waals surface area contributed by atoms with Gasteiger partial charge in [0, 0.05) is 5.69 Å². The van der Waals surface area contributed by atoms with Gasteiger partial charge in [0.05, 0.1) is 12.2 Å². The number of esters is 1. The highest BCUT2D eigenvalue weighted by Gasteiger charge is 2.08. The lowest BCUT2D eigenvalue weighted by atomic mass is 10.2. The van der Waals surface area contributed by atoms with Crippen LogP contribution in [0.4, 0.5) is 10.1 Å². The summed E-state index contributed by atoms with van der Waals surface area (Å²) in [6.07, 6.45) is 1.78. The van der Waals surface area contributed by atoms with Crippen molar-refractivity contribution < 1.29 is 23.5 Å². The predicted molar refractivity (Wildman–Crippen MR) is 92.2 cm³/mol. The number of rotatable bonds is 8. The number of carbonyl (C=O) groups excluding carboxylic acids is 2. The van der Waals surface area contributed by atoms with Gasteiger partial charge in [-0.25, -0.2) is 9.18 Å². The lowest BCUT2D eigenvalue weighted by Crippen LogP contribution is -2.20. The van der Waals surface area contributed by atoms with E-state index in [0.717, 1.165) is 12.8 Å². The third-order valence-electron chi connectivity index (χ3n) is 3.30. The normalized spacial score (nSPS) is 10.2. The molecule has 0 fully saturated rings. The van der Waals surface area contributed by atoms with Crippen molar-refractivity contribution in [3.05, 3.63) is 59.9 Å². The van der Waals surface area contributed by atoms with Gasteiger partial charge >= 0.3 is 5.97 Å². The first-order chi connectivity index (χ1) is 12.1. The summed E-state index contributed by atoms with van der Waals surface area (Å²) in [5.74, 6) is -0.780. The quantitative estimate of drug-likeness (QED) is 0.584. The van der Waals surface area contributed by atoms with Crippen LogP contribution < -0.4 is 10.1 Å². The summed E-state index contributed by atoms with van der Waals surface area (Å²) < 4.78 is 23.5. The van der Waals surface area contributed by atoms with E-state index in [0.29, 0.717) is 23.6 Å². The Bertz CT molecular complexity index is 716. The lowest BCUT2D eigenvalue weighted by molar-refractivity contribution is -0.118. The molecule has 0 aliphatic carbocycles. The molecule has 0 unspecified atom stereocenters. The fraction of sp³-hybridized carbons (Fsp3) is 0.263. The first-order valence-corrected chi connectivity index (χ1v) is 8.04. The highest BCUT2D eigenvalue weighted by Crippen LogP contribution is 2.14. The van der Waals surface area contributed by atoms with Crippen LogP contribution in [0.1, 0.15) is 30.1 Å². The molecule has 1 amide bonds. The molecule has 2 rings (SSSR count). The van der Waals surface area contributed by atoms with Gasteiger partial charge in [-0.3, -0.25) is 4.79 Å². The number of hydrogen-bond donors (Lipinski definition) is 1. The number of ether oxygens (including phenoxy) is 2. The summed E-state index contributed by atoms with van der Waals surface area (Å²) in [5.41, 5.74) is 0.784. The van der Waals surface area contributed by atoms with Gasteiger partial charge in [0.2, 0.25) is 0 Å². The monoisotopic (exact) mass is 345 g/mol. The molecule has 2 aromatic carbocycles. The van der Waals surface area contributed by atoms with Crippen molar-refractivity contribution in [2.45, 2.75) is 19.8 Å². The van der Waals surface area contributed by atoms with Gasteiger partial charge in [-0.2, -0.15) is 0 Å². The van der Waals surface area contributed by atoms with Crippen molar-refractivity contribution in [2.24, 2.45) is 0 Å². The molecular formula is C19H20FNO4. The second-order valence-corrected chi connectivity index (χ2v) is 5.36. The van der Waals surface area contributed by atoms with Gasteiger partial charge in [-0.1, -0.05) is 19.4 Å². The van der Waals surface area contributed by atoms with E-state index in [1.54, 1.807) is 30.3 Å². The van der Waals surface area contributed by atoms with Gasteiger partial charge in [0.25, 0.3) is 5.91 Å². The third-order valence-corrected chi connectivity index (χ3v) is 3.30. The SMILES string of the molecule is CCCCOC(=O)c1ccc(OCC(=O)Nc2cccc(F)c2)cc1. The topological polar surface area (TPSA) is 64.6 Å². The van der Waals surface area contributed by atoms with Gasteiger partial charge in [0.1, 0.15) is 11.6 Å². The second kappa shape index (κ2) is 9.42. The Hall–Kier alpha value is -2.89. The summed E-state index contributed by atoms with van der Waals surface area (Å²) in [6, 6.07) is 11.9. The van der Waals surface area contributed by atoms with Crippen LogP contribution in [-0.4, -0.2) is 25.1 Å². The predicted octanol–water partition coefficient (Wildman–Crippen LogP) is 3.80. The van der Waals surface area contributed by atoms with Crippen molar-refractivity contribution in [1.29, 1.82) is 0 Å². The Morgan fingerprint density at radius 1 is 1.12 bits per heavy atom. The van der Waals surface area contributed by atoms with Crippen LogP contribution in [0.3, 0.4) is 0 Å². The van der Waals surface area contributed by atoms with Crippen LogP contribution in [-0.2, 0) is 9.53 Å². The molecule has 0 atom stereocenters. The van der Waals surface area contributed by atoms with Crippen molar-refractivity contribution in [1.82, 2.24) is 0 Å². The highest BCUT2D eigenvalue weighted by atomic mass is 19.1. The minimum absolute atomic E-state index is 0.225. The molecule has 0 heterocycles. The molecule has 25 heavy (non-hydrogen) atoms. The fourth-order valence-electron chi connectivity index (χ4n) is 1.99. The number of hydrogen-bond acceptors (Lipinski definition) is 4. The van der Waals surface area contributed by atoms with Crippen LogP contribution in [0.2, 0.25) is 0 Å². The number of amides is 1. The molecule has 2 aromatic rings. The molecule has 0 aliphatic heterocycles. The van der Waals surface area contributed by atoms with E-state index in [-0.39, 0.29) is 12.6 Å². The third kappa shape index (κ3) is 6.25. The zero-order valence-corrected chi connectivity index (χ0v) is 14.0. The zero-order chi connectivity index (χ0) is 18.1. The Kier molecular flexibility index (Phi) is 6.95. The molecule has 0 aromatic heterocycles. The minimum Gasteiger partial charge on any atom is -0.484 e. The number of unbranched alkanes of at least 4 members (excludes halogenated alkanes) is 1. The van der Waals surface area contributed by atoms with E-state index in [4.69, 9.17) is 9.47 Å². The maximum atomic E-state index is 13.0. The fourth-order valence-corrected chi connectivity index (χ4v) is 1.99. The molecule has 0 saturated heterocycles. The van der Waals surface area contributed by atoms with E-state index >= 15 is 0 Å². The summed E-state index contributed by atoms with van der Waals surface area (Å²) in [4.78, 5) is 23.6. The van der Waals surface area contributed by atoms with Crippen molar-refractivity contribution in [2.75, 3.05) is 18.5 Å². The van der Waals surface area contributed by atoms with E-state index in [2.05, 4.69) is 5.32 Å². The van der Waals surface area contributed by atoms with Gasteiger partial charge in [-0.15, -0.1) is 0 Å². The van der Waals surface area contributed by atoms with E-state index in [9.17, 15) is 14.0 Å². The summed E-state index contributed by atoms with van der Waals surface area (Å²) >= 11 is 0. The summed E-state index contributed by atoms with van der Waals surface area (Å²) in [7, 11) is 0. The van der Waals surface area contributed by atoms with Crippen molar-refractivity contribution >= 4 is 17.6 Å². The van der Waals surface area contributed by atoms with Crippen molar-refractivity contribution in [3.8, 4) is 5.75 Å². The molecule has 0 radical (unpaired) electrons. The average Bonchev–Trinajstić information content (AvgIpc) is 2.60. The van der Waals surface area contributed by atoms with Crippen LogP contribution in [0.5, 0.6) is 5.75 Å². The smallest absolute Gasteiger partial charge is 0.338 e. The lowest BCUT2D eigenvalue weighted by Gasteiger charge is -2.08. The Morgan fingerprint density at radius 3 is 2.56 bits per heavy atom. The minimum atomic E-state index is -0.430.